The molecule has 0 aromatic carbocycles. The van der Waals surface area contributed by atoms with Crippen molar-refractivity contribution in [3.63, 3.8) is 0 Å². The van der Waals surface area contributed by atoms with Crippen LogP contribution < -0.4 is 5.32 Å². The molecule has 1 N–H and O–H groups in total. The molecular formula is C11H23NO. The lowest BCUT2D eigenvalue weighted by Crippen LogP contribution is -2.38. The van der Waals surface area contributed by atoms with Gasteiger partial charge in [-0.1, -0.05) is 18.9 Å². The van der Waals surface area contributed by atoms with Crippen LogP contribution in [-0.4, -0.2) is 26.3 Å². The lowest BCUT2D eigenvalue weighted by atomic mass is 10.00. The molecule has 0 saturated heterocycles. The second-order valence-electron chi connectivity index (χ2n) is 3.62. The summed E-state index contributed by atoms with van der Waals surface area (Å²) in [5, 5.41) is 3.28. The molecule has 0 saturated carbocycles. The number of methoxy groups -OCH3 is 1. The van der Waals surface area contributed by atoms with Crippen molar-refractivity contribution in [2.24, 2.45) is 0 Å². The standard InChI is InChI=1S/C11H23NO/c1-6-7-11(13-5)10(12-4)8-9(2)3/h10-12H,2,6-8H2,1,3-5H3. The Morgan fingerprint density at radius 2 is 2.15 bits per heavy atom. The molecule has 2 unspecified atom stereocenters. The normalized spacial score (nSPS) is 15.4. The third-order valence-corrected chi connectivity index (χ3v) is 2.26. The van der Waals surface area contributed by atoms with Crippen molar-refractivity contribution in [2.75, 3.05) is 14.2 Å². The number of nitrogens with one attached hydrogen (secondary N) is 1. The molecule has 0 bridgehead atoms. The highest BCUT2D eigenvalue weighted by molar-refractivity contribution is 4.95. The van der Waals surface area contributed by atoms with Gasteiger partial charge in [0, 0.05) is 13.2 Å². The van der Waals surface area contributed by atoms with E-state index in [0.717, 1.165) is 19.3 Å². The first-order chi connectivity index (χ1) is 6.15. The third kappa shape index (κ3) is 5.06. The minimum atomic E-state index is 0.312. The number of ether oxygens (including phenoxy) is 1. The number of hydrogen-bond donors (Lipinski definition) is 1. The predicted molar refractivity (Wildman–Crippen MR) is 58.0 cm³/mol. The van der Waals surface area contributed by atoms with E-state index in [0.29, 0.717) is 12.1 Å². The minimum Gasteiger partial charge on any atom is -0.380 e. The van der Waals surface area contributed by atoms with E-state index in [1.807, 2.05) is 7.05 Å². The van der Waals surface area contributed by atoms with Gasteiger partial charge in [0.05, 0.1) is 6.10 Å². The first kappa shape index (κ1) is 12.7. The van der Waals surface area contributed by atoms with Gasteiger partial charge in [0.2, 0.25) is 0 Å². The van der Waals surface area contributed by atoms with Crippen molar-refractivity contribution in [3.8, 4) is 0 Å². The molecule has 0 spiro atoms. The molecule has 78 valence electrons. The van der Waals surface area contributed by atoms with Gasteiger partial charge in [-0.05, 0) is 26.8 Å². The Balaban J connectivity index is 4.07. The zero-order valence-electron chi connectivity index (χ0n) is 9.39. The molecule has 0 aliphatic rings. The van der Waals surface area contributed by atoms with Gasteiger partial charge in [-0.15, -0.1) is 6.58 Å². The van der Waals surface area contributed by atoms with E-state index in [1.165, 1.54) is 5.57 Å². The maximum absolute atomic E-state index is 5.44. The summed E-state index contributed by atoms with van der Waals surface area (Å²) in [4.78, 5) is 0. The van der Waals surface area contributed by atoms with Gasteiger partial charge in [0.15, 0.2) is 0 Å². The van der Waals surface area contributed by atoms with E-state index < -0.39 is 0 Å². The highest BCUT2D eigenvalue weighted by atomic mass is 16.5. The fraction of sp³-hybridized carbons (Fsp3) is 0.818. The zero-order valence-corrected chi connectivity index (χ0v) is 9.39. The van der Waals surface area contributed by atoms with Gasteiger partial charge in [-0.3, -0.25) is 0 Å². The van der Waals surface area contributed by atoms with Gasteiger partial charge in [-0.25, -0.2) is 0 Å². The maximum atomic E-state index is 5.44. The third-order valence-electron chi connectivity index (χ3n) is 2.26. The Labute approximate surface area is 82.4 Å². The van der Waals surface area contributed by atoms with Gasteiger partial charge >= 0.3 is 0 Å². The van der Waals surface area contributed by atoms with Crippen LogP contribution in [0.3, 0.4) is 0 Å². The van der Waals surface area contributed by atoms with Gasteiger partial charge in [0.25, 0.3) is 0 Å². The molecule has 0 aromatic rings. The van der Waals surface area contributed by atoms with Crippen LogP contribution in [0.4, 0.5) is 0 Å². The molecule has 2 nitrogen and oxygen atoms in total. The summed E-state index contributed by atoms with van der Waals surface area (Å²) in [5.41, 5.74) is 1.21. The lowest BCUT2D eigenvalue weighted by Gasteiger charge is -2.25. The summed E-state index contributed by atoms with van der Waals surface area (Å²) in [6, 6.07) is 0.405. The van der Waals surface area contributed by atoms with Crippen LogP contribution in [0.2, 0.25) is 0 Å². The van der Waals surface area contributed by atoms with E-state index in [1.54, 1.807) is 7.11 Å². The molecule has 0 radical (unpaired) electrons. The first-order valence-corrected chi connectivity index (χ1v) is 5.00. The quantitative estimate of drug-likeness (QED) is 0.615. The molecule has 0 rings (SSSR count). The first-order valence-electron chi connectivity index (χ1n) is 5.00. The van der Waals surface area contributed by atoms with Gasteiger partial charge in [-0.2, -0.15) is 0 Å². The summed E-state index contributed by atoms with van der Waals surface area (Å²) in [6.45, 7) is 8.16. The van der Waals surface area contributed by atoms with Crippen molar-refractivity contribution in [1.29, 1.82) is 0 Å². The summed E-state index contributed by atoms with van der Waals surface area (Å²) in [5.74, 6) is 0. The largest absolute Gasteiger partial charge is 0.380 e. The molecule has 0 aliphatic carbocycles. The second kappa shape index (κ2) is 7.10. The topological polar surface area (TPSA) is 21.3 Å². The van der Waals surface area contributed by atoms with E-state index >= 15 is 0 Å². The van der Waals surface area contributed by atoms with Crippen molar-refractivity contribution in [1.82, 2.24) is 5.32 Å². The summed E-state index contributed by atoms with van der Waals surface area (Å²) in [6.07, 6.45) is 3.57. The summed E-state index contributed by atoms with van der Waals surface area (Å²) in [7, 11) is 3.76. The Morgan fingerprint density at radius 1 is 1.54 bits per heavy atom. The number of hydrogen-bond acceptors (Lipinski definition) is 2. The van der Waals surface area contributed by atoms with Gasteiger partial charge < -0.3 is 10.1 Å². The van der Waals surface area contributed by atoms with E-state index in [2.05, 4.69) is 25.7 Å². The lowest BCUT2D eigenvalue weighted by molar-refractivity contribution is 0.0633. The van der Waals surface area contributed by atoms with Crippen molar-refractivity contribution in [2.45, 2.75) is 45.3 Å². The molecule has 0 aliphatic heterocycles. The molecule has 2 heteroatoms. The smallest absolute Gasteiger partial charge is 0.0727 e. The average molecular weight is 185 g/mol. The molecular weight excluding hydrogens is 162 g/mol. The number of rotatable bonds is 7. The van der Waals surface area contributed by atoms with Crippen LogP contribution in [0.5, 0.6) is 0 Å². The van der Waals surface area contributed by atoms with Crippen molar-refractivity contribution >= 4 is 0 Å². The Bertz CT molecular complexity index is 145. The monoisotopic (exact) mass is 185 g/mol. The molecule has 0 aromatic heterocycles. The van der Waals surface area contributed by atoms with Crippen LogP contribution in [0.15, 0.2) is 12.2 Å². The molecule has 0 amide bonds. The van der Waals surface area contributed by atoms with Gasteiger partial charge in [0.1, 0.15) is 0 Å². The second-order valence-corrected chi connectivity index (χ2v) is 3.62. The Morgan fingerprint density at radius 3 is 2.46 bits per heavy atom. The maximum Gasteiger partial charge on any atom is 0.0727 e. The van der Waals surface area contributed by atoms with E-state index in [9.17, 15) is 0 Å². The minimum absolute atomic E-state index is 0.312. The number of likely N-dealkylation sites (N-methyl/N-ethyl adjacent to an activating group) is 1. The summed E-state index contributed by atoms with van der Waals surface area (Å²) < 4.78 is 5.44. The molecule has 0 fully saturated rings. The fourth-order valence-electron chi connectivity index (χ4n) is 1.56. The van der Waals surface area contributed by atoms with E-state index in [4.69, 9.17) is 4.74 Å². The molecule has 13 heavy (non-hydrogen) atoms. The molecule has 0 heterocycles. The molecule has 2 atom stereocenters. The summed E-state index contributed by atoms with van der Waals surface area (Å²) >= 11 is 0. The highest BCUT2D eigenvalue weighted by Crippen LogP contribution is 2.12. The predicted octanol–water partition coefficient (Wildman–Crippen LogP) is 2.36. The van der Waals surface area contributed by atoms with Crippen molar-refractivity contribution < 1.29 is 4.74 Å². The van der Waals surface area contributed by atoms with Crippen molar-refractivity contribution in [3.05, 3.63) is 12.2 Å². The van der Waals surface area contributed by atoms with Crippen LogP contribution >= 0.6 is 0 Å². The SMILES string of the molecule is C=C(C)CC(NC)C(CCC)OC. The van der Waals surface area contributed by atoms with Crippen LogP contribution in [-0.2, 0) is 4.74 Å². The highest BCUT2D eigenvalue weighted by Gasteiger charge is 2.18. The Kier molecular flexibility index (Phi) is 6.92. The van der Waals surface area contributed by atoms with Crippen LogP contribution in [0, 0.1) is 0 Å². The van der Waals surface area contributed by atoms with Crippen LogP contribution in [0.1, 0.15) is 33.1 Å². The fourth-order valence-corrected chi connectivity index (χ4v) is 1.56. The zero-order chi connectivity index (χ0) is 10.3. The average Bonchev–Trinajstić information content (AvgIpc) is 2.10. The van der Waals surface area contributed by atoms with Crippen LogP contribution in [0.25, 0.3) is 0 Å². The Hall–Kier alpha value is -0.340. The van der Waals surface area contributed by atoms with E-state index in [-0.39, 0.29) is 0 Å².